The molecular weight excluding hydrogens is 308 g/mol. The first kappa shape index (κ1) is 18.1. The van der Waals surface area contributed by atoms with Gasteiger partial charge >= 0.3 is 5.97 Å². The molecule has 7 nitrogen and oxygen atoms in total. The van der Waals surface area contributed by atoms with E-state index in [1.165, 1.54) is 31.2 Å². The summed E-state index contributed by atoms with van der Waals surface area (Å²) in [5.74, 6) is -0.927. The van der Waals surface area contributed by atoms with E-state index in [1.807, 2.05) is 0 Å². The Hall–Kier alpha value is -1.93. The van der Waals surface area contributed by atoms with E-state index in [9.17, 15) is 18.0 Å². The monoisotopic (exact) mass is 328 g/mol. The zero-order valence-corrected chi connectivity index (χ0v) is 13.6. The number of carbonyl (C=O) groups is 2. The molecule has 0 aromatic heterocycles. The molecule has 2 N–H and O–H groups in total. The van der Waals surface area contributed by atoms with Gasteiger partial charge in [-0.05, 0) is 45.0 Å². The zero-order valence-electron chi connectivity index (χ0n) is 12.8. The summed E-state index contributed by atoms with van der Waals surface area (Å²) in [5.41, 5.74) is 0.262. The van der Waals surface area contributed by atoms with Crippen molar-refractivity contribution in [2.75, 3.05) is 13.2 Å². The van der Waals surface area contributed by atoms with Gasteiger partial charge in [0.1, 0.15) is 0 Å². The summed E-state index contributed by atoms with van der Waals surface area (Å²) in [5, 5.41) is 2.53. The Kier molecular flexibility index (Phi) is 6.51. The van der Waals surface area contributed by atoms with E-state index < -0.39 is 27.9 Å². The van der Waals surface area contributed by atoms with Crippen LogP contribution in [0.3, 0.4) is 0 Å². The number of carbonyl (C=O) groups excluding carboxylic acids is 2. The van der Waals surface area contributed by atoms with Gasteiger partial charge in [-0.2, -0.15) is 4.72 Å². The summed E-state index contributed by atoms with van der Waals surface area (Å²) < 4.78 is 31.4. The van der Waals surface area contributed by atoms with Crippen LogP contribution >= 0.6 is 0 Å². The largest absolute Gasteiger partial charge is 0.462 e. The fourth-order valence-electron chi connectivity index (χ4n) is 1.67. The molecule has 122 valence electrons. The SMILES string of the molecule is CCNC(=O)[C@@H](C)NS(=O)(=O)c1ccc(C(=O)OCC)cc1. The van der Waals surface area contributed by atoms with Gasteiger partial charge < -0.3 is 10.1 Å². The number of rotatable bonds is 7. The zero-order chi connectivity index (χ0) is 16.8. The van der Waals surface area contributed by atoms with Crippen molar-refractivity contribution in [2.45, 2.75) is 31.7 Å². The summed E-state index contributed by atoms with van der Waals surface area (Å²) in [6.45, 7) is 5.54. The van der Waals surface area contributed by atoms with Crippen LogP contribution in [-0.4, -0.2) is 39.5 Å². The van der Waals surface area contributed by atoms with Crippen molar-refractivity contribution in [2.24, 2.45) is 0 Å². The molecule has 0 radical (unpaired) electrons. The lowest BCUT2D eigenvalue weighted by molar-refractivity contribution is -0.122. The average molecular weight is 328 g/mol. The number of ether oxygens (including phenoxy) is 1. The third-order valence-electron chi connectivity index (χ3n) is 2.75. The van der Waals surface area contributed by atoms with E-state index >= 15 is 0 Å². The first-order valence-electron chi connectivity index (χ1n) is 6.89. The number of amides is 1. The third kappa shape index (κ3) is 4.81. The van der Waals surface area contributed by atoms with Gasteiger partial charge in [0.2, 0.25) is 15.9 Å². The maximum Gasteiger partial charge on any atom is 0.338 e. The minimum atomic E-state index is -3.84. The molecule has 1 aromatic rings. The predicted octanol–water partition coefficient (Wildman–Crippen LogP) is 0.666. The highest BCUT2D eigenvalue weighted by molar-refractivity contribution is 7.89. The van der Waals surface area contributed by atoms with Crippen LogP contribution in [0.25, 0.3) is 0 Å². The second kappa shape index (κ2) is 7.90. The molecule has 1 atom stereocenters. The minimum absolute atomic E-state index is 0.0308. The van der Waals surface area contributed by atoms with Gasteiger partial charge in [-0.15, -0.1) is 0 Å². The summed E-state index contributed by atoms with van der Waals surface area (Å²) in [6, 6.07) is 4.42. The van der Waals surface area contributed by atoms with Gasteiger partial charge in [-0.25, -0.2) is 13.2 Å². The number of hydrogen-bond acceptors (Lipinski definition) is 5. The minimum Gasteiger partial charge on any atom is -0.462 e. The number of nitrogens with one attached hydrogen (secondary N) is 2. The Morgan fingerprint density at radius 1 is 1.18 bits per heavy atom. The lowest BCUT2D eigenvalue weighted by Gasteiger charge is -2.13. The van der Waals surface area contributed by atoms with Gasteiger partial charge in [-0.1, -0.05) is 0 Å². The first-order chi connectivity index (χ1) is 10.3. The molecular formula is C14H20N2O5S. The quantitative estimate of drug-likeness (QED) is 0.716. The number of benzene rings is 1. The van der Waals surface area contributed by atoms with E-state index in [0.29, 0.717) is 6.54 Å². The first-order valence-corrected chi connectivity index (χ1v) is 8.37. The van der Waals surface area contributed by atoms with Crippen LogP contribution in [0.5, 0.6) is 0 Å². The highest BCUT2D eigenvalue weighted by atomic mass is 32.2. The van der Waals surface area contributed by atoms with Crippen LogP contribution in [0.1, 0.15) is 31.1 Å². The van der Waals surface area contributed by atoms with Crippen LogP contribution in [-0.2, 0) is 19.6 Å². The number of esters is 1. The van der Waals surface area contributed by atoms with E-state index in [0.717, 1.165) is 0 Å². The van der Waals surface area contributed by atoms with Crippen molar-refractivity contribution in [3.8, 4) is 0 Å². The molecule has 1 amide bonds. The summed E-state index contributed by atoms with van der Waals surface area (Å²) in [7, 11) is -3.84. The second-order valence-corrected chi connectivity index (χ2v) is 6.20. The molecule has 1 rings (SSSR count). The molecule has 8 heteroatoms. The Bertz CT molecular complexity index is 625. The van der Waals surface area contributed by atoms with E-state index in [1.54, 1.807) is 13.8 Å². The van der Waals surface area contributed by atoms with E-state index in [2.05, 4.69) is 10.0 Å². The van der Waals surface area contributed by atoms with Crippen LogP contribution in [0.15, 0.2) is 29.2 Å². The van der Waals surface area contributed by atoms with Crippen molar-refractivity contribution in [1.29, 1.82) is 0 Å². The average Bonchev–Trinajstić information content (AvgIpc) is 2.47. The van der Waals surface area contributed by atoms with E-state index in [-0.39, 0.29) is 17.1 Å². The van der Waals surface area contributed by atoms with Crippen molar-refractivity contribution in [3.63, 3.8) is 0 Å². The van der Waals surface area contributed by atoms with Gasteiger partial charge in [0.15, 0.2) is 0 Å². The van der Waals surface area contributed by atoms with Gasteiger partial charge in [0, 0.05) is 6.54 Å². The lowest BCUT2D eigenvalue weighted by atomic mass is 10.2. The Labute approximate surface area is 130 Å². The summed E-state index contributed by atoms with van der Waals surface area (Å²) >= 11 is 0. The number of sulfonamides is 1. The van der Waals surface area contributed by atoms with E-state index in [4.69, 9.17) is 4.74 Å². The third-order valence-corrected chi connectivity index (χ3v) is 4.31. The molecule has 0 heterocycles. The molecule has 0 aliphatic heterocycles. The van der Waals surface area contributed by atoms with Crippen molar-refractivity contribution in [1.82, 2.24) is 10.0 Å². The van der Waals surface area contributed by atoms with Crippen LogP contribution in [0.2, 0.25) is 0 Å². The smallest absolute Gasteiger partial charge is 0.338 e. The highest BCUT2D eigenvalue weighted by Crippen LogP contribution is 2.12. The van der Waals surface area contributed by atoms with Gasteiger partial charge in [0.25, 0.3) is 0 Å². The Morgan fingerprint density at radius 3 is 2.27 bits per heavy atom. The van der Waals surface area contributed by atoms with Crippen LogP contribution < -0.4 is 10.0 Å². The Morgan fingerprint density at radius 2 is 1.77 bits per heavy atom. The van der Waals surface area contributed by atoms with Gasteiger partial charge in [-0.3, -0.25) is 4.79 Å². The highest BCUT2D eigenvalue weighted by Gasteiger charge is 2.21. The molecule has 0 aliphatic rings. The van der Waals surface area contributed by atoms with Crippen molar-refractivity contribution < 1.29 is 22.7 Å². The number of likely N-dealkylation sites (N-methyl/N-ethyl adjacent to an activating group) is 1. The van der Waals surface area contributed by atoms with Crippen LogP contribution in [0, 0.1) is 0 Å². The molecule has 0 bridgehead atoms. The molecule has 1 aromatic carbocycles. The van der Waals surface area contributed by atoms with Gasteiger partial charge in [0.05, 0.1) is 23.1 Å². The second-order valence-electron chi connectivity index (χ2n) is 4.48. The standard InChI is InChI=1S/C14H20N2O5S/c1-4-15-13(17)10(3)16-22(19,20)12-8-6-11(7-9-12)14(18)21-5-2/h6-10,16H,4-5H2,1-3H3,(H,15,17)/t10-/m1/s1. The number of hydrogen-bond donors (Lipinski definition) is 2. The summed E-state index contributed by atoms with van der Waals surface area (Å²) in [6.07, 6.45) is 0. The fourth-order valence-corrected chi connectivity index (χ4v) is 2.87. The molecule has 22 heavy (non-hydrogen) atoms. The molecule has 0 saturated carbocycles. The fraction of sp³-hybridized carbons (Fsp3) is 0.429. The van der Waals surface area contributed by atoms with Crippen molar-refractivity contribution >= 4 is 21.9 Å². The molecule has 0 fully saturated rings. The van der Waals surface area contributed by atoms with Crippen molar-refractivity contribution in [3.05, 3.63) is 29.8 Å². The maximum absolute atomic E-state index is 12.2. The predicted molar refractivity (Wildman–Crippen MR) is 80.9 cm³/mol. The molecule has 0 spiro atoms. The maximum atomic E-state index is 12.2. The lowest BCUT2D eigenvalue weighted by Crippen LogP contribution is -2.44. The normalized spacial score (nSPS) is 12.5. The summed E-state index contributed by atoms with van der Waals surface area (Å²) in [4.78, 5) is 23.0. The topological polar surface area (TPSA) is 102 Å². The molecule has 0 aliphatic carbocycles. The Balaban J connectivity index is 2.85. The molecule has 0 unspecified atom stereocenters. The molecule has 0 saturated heterocycles. The van der Waals surface area contributed by atoms with Crippen LogP contribution in [0.4, 0.5) is 0 Å².